The molecule has 4 aromatic rings. The van der Waals surface area contributed by atoms with Gasteiger partial charge in [0.05, 0.1) is 12.7 Å². The summed E-state index contributed by atoms with van der Waals surface area (Å²) in [4.78, 5) is 10.0. The van der Waals surface area contributed by atoms with Crippen LogP contribution in [-0.2, 0) is 13.6 Å². The van der Waals surface area contributed by atoms with Crippen LogP contribution in [0.5, 0.6) is 0 Å². The maximum atomic E-state index is 5.55. The number of hydrogen-bond acceptors (Lipinski definition) is 5. The van der Waals surface area contributed by atoms with Gasteiger partial charge < -0.3 is 9.51 Å². The lowest BCUT2D eigenvalue weighted by atomic mass is 10.1. The van der Waals surface area contributed by atoms with E-state index in [1.807, 2.05) is 37.9 Å². The zero-order chi connectivity index (χ0) is 18.1. The number of hydrogen-bond donors (Lipinski definition) is 1. The Kier molecular flexibility index (Phi) is 4.30. The van der Waals surface area contributed by atoms with E-state index >= 15 is 0 Å². The molecule has 26 heavy (non-hydrogen) atoms. The zero-order valence-electron chi connectivity index (χ0n) is 15.2. The lowest BCUT2D eigenvalue weighted by Crippen LogP contribution is -2.21. The topological polar surface area (TPSA) is 75.8 Å². The van der Waals surface area contributed by atoms with Gasteiger partial charge in [-0.25, -0.2) is 4.98 Å². The van der Waals surface area contributed by atoms with Crippen molar-refractivity contribution in [2.45, 2.75) is 20.4 Å². The number of nitrogens with zero attached hydrogens (tertiary/aromatic N) is 5. The average molecular weight is 350 g/mol. The average Bonchev–Trinajstić information content (AvgIpc) is 3.38. The van der Waals surface area contributed by atoms with Crippen molar-refractivity contribution in [2.75, 3.05) is 13.1 Å². The summed E-state index contributed by atoms with van der Waals surface area (Å²) < 4.78 is 7.34. The summed E-state index contributed by atoms with van der Waals surface area (Å²) >= 11 is 0. The minimum absolute atomic E-state index is 0.765. The molecule has 0 aliphatic heterocycles. The first-order chi connectivity index (χ1) is 12.7. The van der Waals surface area contributed by atoms with E-state index < -0.39 is 0 Å². The molecule has 0 atom stereocenters. The second kappa shape index (κ2) is 6.76. The SMILES string of the molecule is CCN(CC)Cc1cc(-c2c[nH]c3ncc(-c4cnn(C)c4)cc23)no1. The Hall–Kier alpha value is -2.93. The van der Waals surface area contributed by atoms with Crippen LogP contribution in [0, 0.1) is 0 Å². The predicted octanol–water partition coefficient (Wildman–Crippen LogP) is 3.46. The van der Waals surface area contributed by atoms with Gasteiger partial charge in [0.15, 0.2) is 5.76 Å². The van der Waals surface area contributed by atoms with Crippen LogP contribution < -0.4 is 0 Å². The molecule has 0 unspecified atom stereocenters. The van der Waals surface area contributed by atoms with Crippen LogP contribution in [-0.4, -0.2) is 42.9 Å². The monoisotopic (exact) mass is 350 g/mol. The van der Waals surface area contributed by atoms with Gasteiger partial charge in [0.25, 0.3) is 0 Å². The first kappa shape index (κ1) is 16.5. The Morgan fingerprint density at radius 3 is 2.73 bits per heavy atom. The Morgan fingerprint density at radius 1 is 1.15 bits per heavy atom. The van der Waals surface area contributed by atoms with E-state index in [1.165, 1.54) is 0 Å². The quantitative estimate of drug-likeness (QED) is 0.576. The van der Waals surface area contributed by atoms with Crippen LogP contribution in [0.15, 0.2) is 41.4 Å². The molecule has 0 fully saturated rings. The Morgan fingerprint density at radius 2 is 2.00 bits per heavy atom. The van der Waals surface area contributed by atoms with Crippen molar-refractivity contribution in [3.8, 4) is 22.4 Å². The molecular weight excluding hydrogens is 328 g/mol. The molecule has 134 valence electrons. The molecule has 0 amide bonds. The second-order valence-corrected chi connectivity index (χ2v) is 6.37. The molecule has 0 spiro atoms. The molecule has 1 N–H and O–H groups in total. The molecular formula is C19H22N6O. The van der Waals surface area contributed by atoms with E-state index in [-0.39, 0.29) is 0 Å². The fraction of sp³-hybridized carbons (Fsp3) is 0.316. The number of aromatic nitrogens is 5. The molecule has 0 radical (unpaired) electrons. The lowest BCUT2D eigenvalue weighted by molar-refractivity contribution is 0.252. The summed E-state index contributed by atoms with van der Waals surface area (Å²) in [6.45, 7) is 7.02. The predicted molar refractivity (Wildman–Crippen MR) is 100 cm³/mol. The Balaban J connectivity index is 1.69. The standard InChI is InChI=1S/C19H22N6O/c1-4-25(5-2)12-15-7-18(23-26-15)17-10-21-19-16(17)6-13(8-20-19)14-9-22-24(3)11-14/h6-11H,4-5,12H2,1-3H3,(H,20,21). The van der Waals surface area contributed by atoms with Gasteiger partial charge in [0.2, 0.25) is 0 Å². The van der Waals surface area contributed by atoms with Crippen molar-refractivity contribution in [2.24, 2.45) is 7.05 Å². The normalized spacial score (nSPS) is 11.7. The fourth-order valence-corrected chi connectivity index (χ4v) is 3.13. The largest absolute Gasteiger partial charge is 0.359 e. The van der Waals surface area contributed by atoms with Crippen LogP contribution in [0.4, 0.5) is 0 Å². The molecule has 0 aliphatic rings. The summed E-state index contributed by atoms with van der Waals surface area (Å²) in [5.41, 5.74) is 4.71. The van der Waals surface area contributed by atoms with Crippen molar-refractivity contribution < 1.29 is 4.52 Å². The third-order valence-corrected chi connectivity index (χ3v) is 4.68. The smallest absolute Gasteiger partial charge is 0.151 e. The van der Waals surface area contributed by atoms with Gasteiger partial charge in [-0.1, -0.05) is 19.0 Å². The van der Waals surface area contributed by atoms with Gasteiger partial charge in [-0.15, -0.1) is 0 Å². The van der Waals surface area contributed by atoms with Crippen molar-refractivity contribution in [3.63, 3.8) is 0 Å². The number of aromatic amines is 1. The highest BCUT2D eigenvalue weighted by Crippen LogP contribution is 2.30. The second-order valence-electron chi connectivity index (χ2n) is 6.37. The summed E-state index contributed by atoms with van der Waals surface area (Å²) in [6, 6.07) is 4.13. The molecule has 0 aromatic carbocycles. The van der Waals surface area contributed by atoms with Gasteiger partial charge in [0.1, 0.15) is 11.3 Å². The first-order valence-corrected chi connectivity index (χ1v) is 8.82. The fourth-order valence-electron chi connectivity index (χ4n) is 3.13. The van der Waals surface area contributed by atoms with Crippen LogP contribution in [0.3, 0.4) is 0 Å². The van der Waals surface area contributed by atoms with Crippen molar-refractivity contribution >= 4 is 11.0 Å². The Labute approximate surface area is 151 Å². The highest BCUT2D eigenvalue weighted by molar-refractivity contribution is 5.94. The van der Waals surface area contributed by atoms with E-state index in [9.17, 15) is 0 Å². The highest BCUT2D eigenvalue weighted by atomic mass is 16.5. The van der Waals surface area contributed by atoms with Crippen LogP contribution in [0.25, 0.3) is 33.4 Å². The van der Waals surface area contributed by atoms with E-state index in [0.717, 1.165) is 58.8 Å². The minimum Gasteiger partial charge on any atom is -0.359 e. The maximum absolute atomic E-state index is 5.55. The molecule has 7 nitrogen and oxygen atoms in total. The Bertz CT molecular complexity index is 1020. The van der Waals surface area contributed by atoms with Gasteiger partial charge in [-0.2, -0.15) is 5.10 Å². The van der Waals surface area contributed by atoms with Gasteiger partial charge >= 0.3 is 0 Å². The van der Waals surface area contributed by atoms with E-state index in [2.05, 4.69) is 45.0 Å². The third-order valence-electron chi connectivity index (χ3n) is 4.68. The number of rotatable bonds is 6. The summed E-state index contributed by atoms with van der Waals surface area (Å²) in [6.07, 6.45) is 7.61. The number of nitrogens with one attached hydrogen (secondary N) is 1. The van der Waals surface area contributed by atoms with Gasteiger partial charge in [-0.05, 0) is 19.2 Å². The lowest BCUT2D eigenvalue weighted by Gasteiger charge is -2.14. The highest BCUT2D eigenvalue weighted by Gasteiger charge is 2.14. The molecule has 0 saturated heterocycles. The van der Waals surface area contributed by atoms with Crippen LogP contribution in [0.1, 0.15) is 19.6 Å². The van der Waals surface area contributed by atoms with Gasteiger partial charge in [-0.3, -0.25) is 9.58 Å². The van der Waals surface area contributed by atoms with Crippen molar-refractivity contribution in [1.29, 1.82) is 0 Å². The molecule has 0 aliphatic carbocycles. The number of H-pyrrole nitrogens is 1. The van der Waals surface area contributed by atoms with Crippen LogP contribution >= 0.6 is 0 Å². The van der Waals surface area contributed by atoms with Crippen molar-refractivity contribution in [1.82, 2.24) is 29.8 Å². The minimum atomic E-state index is 0.765. The van der Waals surface area contributed by atoms with E-state index in [1.54, 1.807) is 4.68 Å². The number of pyridine rings is 1. The van der Waals surface area contributed by atoms with E-state index in [4.69, 9.17) is 4.52 Å². The third kappa shape index (κ3) is 3.01. The van der Waals surface area contributed by atoms with E-state index in [0.29, 0.717) is 0 Å². The number of aryl methyl sites for hydroxylation is 1. The first-order valence-electron chi connectivity index (χ1n) is 8.82. The van der Waals surface area contributed by atoms with Gasteiger partial charge in [0, 0.05) is 53.8 Å². The maximum Gasteiger partial charge on any atom is 0.151 e. The summed E-state index contributed by atoms with van der Waals surface area (Å²) in [5.74, 6) is 0.870. The zero-order valence-corrected chi connectivity index (χ0v) is 15.2. The summed E-state index contributed by atoms with van der Waals surface area (Å²) in [5, 5.41) is 9.53. The van der Waals surface area contributed by atoms with Crippen LogP contribution in [0.2, 0.25) is 0 Å². The molecule has 0 saturated carbocycles. The number of fused-ring (bicyclic) bond motifs is 1. The molecule has 0 bridgehead atoms. The molecule has 7 heteroatoms. The molecule has 4 heterocycles. The molecule has 4 rings (SSSR count). The molecule has 4 aromatic heterocycles. The van der Waals surface area contributed by atoms with Crippen molar-refractivity contribution in [3.05, 3.63) is 42.7 Å². The summed E-state index contributed by atoms with van der Waals surface area (Å²) in [7, 11) is 1.91.